The smallest absolute Gasteiger partial charge is 0.170 e. The number of halogens is 1. The summed E-state index contributed by atoms with van der Waals surface area (Å²) >= 11 is 0. The molecular formula is C12H16FN3O. The monoisotopic (exact) mass is 237 g/mol. The van der Waals surface area contributed by atoms with Crippen LogP contribution in [-0.4, -0.2) is 29.0 Å². The Balaban J connectivity index is 2.13. The number of rotatable bonds is 4. The third kappa shape index (κ3) is 2.74. The van der Waals surface area contributed by atoms with Gasteiger partial charge in [-0.3, -0.25) is 4.90 Å². The minimum absolute atomic E-state index is 0.0778. The lowest BCUT2D eigenvalue weighted by Gasteiger charge is -2.16. The molecule has 0 radical (unpaired) electrons. The van der Waals surface area contributed by atoms with Gasteiger partial charge in [-0.2, -0.15) is 0 Å². The highest BCUT2D eigenvalue weighted by atomic mass is 19.1. The van der Waals surface area contributed by atoms with E-state index >= 15 is 0 Å². The zero-order valence-corrected chi connectivity index (χ0v) is 9.73. The second-order valence-corrected chi connectivity index (χ2v) is 4.44. The molecule has 0 saturated heterocycles. The Hall–Kier alpha value is -1.62. The van der Waals surface area contributed by atoms with E-state index in [1.807, 2.05) is 7.05 Å². The fraction of sp³-hybridized carbons (Fsp3) is 0.417. The molecule has 92 valence electrons. The van der Waals surface area contributed by atoms with Crippen molar-refractivity contribution in [3.63, 3.8) is 0 Å². The molecule has 1 aromatic rings. The molecule has 0 amide bonds. The highest BCUT2D eigenvalue weighted by Gasteiger charge is 2.26. The molecule has 4 nitrogen and oxygen atoms in total. The molecule has 0 bridgehead atoms. The quantitative estimate of drug-likeness (QED) is 0.361. The van der Waals surface area contributed by atoms with Crippen molar-refractivity contribution in [3.8, 4) is 0 Å². The van der Waals surface area contributed by atoms with Crippen LogP contribution in [0.15, 0.2) is 23.4 Å². The average Bonchev–Trinajstić information content (AvgIpc) is 3.14. The zero-order chi connectivity index (χ0) is 12.4. The first-order chi connectivity index (χ1) is 8.11. The molecule has 0 unspecified atom stereocenters. The number of nitrogens with two attached hydrogens (primary N) is 1. The van der Waals surface area contributed by atoms with E-state index in [4.69, 9.17) is 10.9 Å². The van der Waals surface area contributed by atoms with Crippen molar-refractivity contribution in [1.82, 2.24) is 4.90 Å². The van der Waals surface area contributed by atoms with Gasteiger partial charge in [0.1, 0.15) is 5.82 Å². The van der Waals surface area contributed by atoms with Crippen LogP contribution in [0.1, 0.15) is 24.0 Å². The molecule has 0 aromatic heterocycles. The Labute approximate surface area is 99.5 Å². The third-order valence-electron chi connectivity index (χ3n) is 3.05. The van der Waals surface area contributed by atoms with Gasteiger partial charge >= 0.3 is 0 Å². The molecule has 5 heteroatoms. The Morgan fingerprint density at radius 3 is 2.82 bits per heavy atom. The van der Waals surface area contributed by atoms with Crippen LogP contribution in [0.4, 0.5) is 4.39 Å². The summed E-state index contributed by atoms with van der Waals surface area (Å²) in [5.41, 5.74) is 6.42. The molecule has 0 spiro atoms. The van der Waals surface area contributed by atoms with E-state index in [9.17, 15) is 4.39 Å². The van der Waals surface area contributed by atoms with Gasteiger partial charge in [-0.25, -0.2) is 4.39 Å². The standard InChI is InChI=1S/C12H16FN3O/c1-16(10-4-5-10)7-9-3-2-8(6-11(9)13)12(14)15-17/h2-3,6,10,17H,4-5,7H2,1H3,(H2,14,15). The first-order valence-corrected chi connectivity index (χ1v) is 5.58. The van der Waals surface area contributed by atoms with Crippen molar-refractivity contribution < 1.29 is 9.60 Å². The number of benzene rings is 1. The Bertz CT molecular complexity index is 443. The normalized spacial score (nSPS) is 16.5. The van der Waals surface area contributed by atoms with Gasteiger partial charge in [0, 0.05) is 23.7 Å². The maximum Gasteiger partial charge on any atom is 0.170 e. The Morgan fingerprint density at radius 2 is 2.29 bits per heavy atom. The number of nitrogens with zero attached hydrogens (tertiary/aromatic N) is 2. The summed E-state index contributed by atoms with van der Waals surface area (Å²) in [5.74, 6) is -0.396. The third-order valence-corrected chi connectivity index (χ3v) is 3.05. The van der Waals surface area contributed by atoms with Crippen molar-refractivity contribution in [2.45, 2.75) is 25.4 Å². The van der Waals surface area contributed by atoms with Gasteiger partial charge in [0.25, 0.3) is 0 Å². The zero-order valence-electron chi connectivity index (χ0n) is 9.73. The van der Waals surface area contributed by atoms with Gasteiger partial charge in [-0.1, -0.05) is 17.3 Å². The minimum atomic E-state index is -0.318. The molecule has 1 fully saturated rings. The Morgan fingerprint density at radius 1 is 1.59 bits per heavy atom. The van der Waals surface area contributed by atoms with Crippen LogP contribution < -0.4 is 5.73 Å². The lowest BCUT2D eigenvalue weighted by atomic mass is 10.1. The molecule has 0 atom stereocenters. The van der Waals surface area contributed by atoms with Crippen LogP contribution in [0, 0.1) is 5.82 Å². The second-order valence-electron chi connectivity index (χ2n) is 4.44. The summed E-state index contributed by atoms with van der Waals surface area (Å²) in [6.45, 7) is 0.590. The van der Waals surface area contributed by atoms with Crippen LogP contribution >= 0.6 is 0 Å². The van der Waals surface area contributed by atoms with E-state index in [-0.39, 0.29) is 11.7 Å². The van der Waals surface area contributed by atoms with Crippen LogP contribution in [0.5, 0.6) is 0 Å². The van der Waals surface area contributed by atoms with Crippen molar-refractivity contribution in [3.05, 3.63) is 35.1 Å². The predicted octanol–water partition coefficient (Wildman–Crippen LogP) is 1.51. The van der Waals surface area contributed by atoms with Crippen molar-refractivity contribution in [1.29, 1.82) is 0 Å². The molecule has 0 aliphatic heterocycles. The van der Waals surface area contributed by atoms with Crippen molar-refractivity contribution >= 4 is 5.84 Å². The first kappa shape index (κ1) is 11.9. The van der Waals surface area contributed by atoms with E-state index in [0.717, 1.165) is 0 Å². The summed E-state index contributed by atoms with van der Waals surface area (Å²) in [7, 11) is 1.99. The van der Waals surface area contributed by atoms with Crippen LogP contribution in [-0.2, 0) is 6.54 Å². The Kier molecular flexibility index (Phi) is 3.28. The number of amidine groups is 1. The van der Waals surface area contributed by atoms with E-state index in [1.54, 1.807) is 12.1 Å². The average molecular weight is 237 g/mol. The molecule has 1 aromatic carbocycles. The maximum absolute atomic E-state index is 13.8. The molecule has 1 saturated carbocycles. The molecule has 3 N–H and O–H groups in total. The van der Waals surface area contributed by atoms with Crippen LogP contribution in [0.25, 0.3) is 0 Å². The lowest BCUT2D eigenvalue weighted by Crippen LogP contribution is -2.21. The summed E-state index contributed by atoms with van der Waals surface area (Å²) in [5, 5.41) is 11.4. The van der Waals surface area contributed by atoms with E-state index in [2.05, 4.69) is 10.1 Å². The highest BCUT2D eigenvalue weighted by molar-refractivity contribution is 5.97. The van der Waals surface area contributed by atoms with Gasteiger partial charge in [-0.15, -0.1) is 0 Å². The van der Waals surface area contributed by atoms with E-state index in [1.165, 1.54) is 18.9 Å². The molecular weight excluding hydrogens is 221 g/mol. The van der Waals surface area contributed by atoms with Gasteiger partial charge < -0.3 is 10.9 Å². The molecule has 1 aliphatic carbocycles. The summed E-state index contributed by atoms with van der Waals surface area (Å²) < 4.78 is 13.8. The molecule has 1 aliphatic rings. The summed E-state index contributed by atoms with van der Waals surface area (Å²) in [6.07, 6.45) is 2.39. The SMILES string of the molecule is CN(Cc1ccc(/C(N)=N/O)cc1F)C1CC1. The maximum atomic E-state index is 13.8. The van der Waals surface area contributed by atoms with Gasteiger partial charge in [0.15, 0.2) is 5.84 Å². The predicted molar refractivity (Wildman–Crippen MR) is 63.4 cm³/mol. The van der Waals surface area contributed by atoms with Gasteiger partial charge in [-0.05, 0) is 26.0 Å². The topological polar surface area (TPSA) is 61.8 Å². The van der Waals surface area contributed by atoms with E-state index < -0.39 is 0 Å². The van der Waals surface area contributed by atoms with Gasteiger partial charge in [0.05, 0.1) is 0 Å². The van der Waals surface area contributed by atoms with Crippen molar-refractivity contribution in [2.75, 3.05) is 7.05 Å². The fourth-order valence-electron chi connectivity index (χ4n) is 1.81. The van der Waals surface area contributed by atoms with Crippen molar-refractivity contribution in [2.24, 2.45) is 10.9 Å². The summed E-state index contributed by atoms with van der Waals surface area (Å²) in [4.78, 5) is 2.14. The number of oxime groups is 1. The van der Waals surface area contributed by atoms with Crippen LogP contribution in [0.3, 0.4) is 0 Å². The number of hydrogen-bond acceptors (Lipinski definition) is 3. The molecule has 17 heavy (non-hydrogen) atoms. The first-order valence-electron chi connectivity index (χ1n) is 5.58. The molecule has 2 rings (SSSR count). The summed E-state index contributed by atoms with van der Waals surface area (Å²) in [6, 6.07) is 5.24. The number of hydrogen-bond donors (Lipinski definition) is 2. The largest absolute Gasteiger partial charge is 0.409 e. The lowest BCUT2D eigenvalue weighted by molar-refractivity contribution is 0.311. The van der Waals surface area contributed by atoms with Crippen LogP contribution in [0.2, 0.25) is 0 Å². The fourth-order valence-corrected chi connectivity index (χ4v) is 1.81. The second kappa shape index (κ2) is 4.71. The molecule has 0 heterocycles. The minimum Gasteiger partial charge on any atom is -0.409 e. The highest BCUT2D eigenvalue weighted by Crippen LogP contribution is 2.27. The van der Waals surface area contributed by atoms with E-state index in [0.29, 0.717) is 23.7 Å². The van der Waals surface area contributed by atoms with Gasteiger partial charge in [0.2, 0.25) is 0 Å².